The van der Waals surface area contributed by atoms with E-state index in [1.807, 2.05) is 0 Å². The Morgan fingerprint density at radius 3 is 2.81 bits per heavy atom. The van der Waals surface area contributed by atoms with E-state index in [-0.39, 0.29) is 18.3 Å². The van der Waals surface area contributed by atoms with Gasteiger partial charge in [-0.1, -0.05) is 38.3 Å². The minimum atomic E-state index is -0.0403. The Bertz CT molecular complexity index is 724. The molecule has 0 radical (unpaired) electrons. The zero-order valence-electron chi connectivity index (χ0n) is 19.4. The molecule has 0 bridgehead atoms. The number of carbonyl (C=O) groups excluding carboxylic acids is 1. The minimum Gasteiger partial charge on any atom is -0.496 e. The van der Waals surface area contributed by atoms with Crippen LogP contribution in [0.4, 0.5) is 0 Å². The molecule has 0 amide bonds. The maximum atomic E-state index is 13.0. The smallest absolute Gasteiger partial charge is 0.157 e. The normalized spacial score (nSPS) is 28.8. The van der Waals surface area contributed by atoms with Crippen molar-refractivity contribution in [3.63, 3.8) is 0 Å². The van der Waals surface area contributed by atoms with E-state index in [9.17, 15) is 4.79 Å². The second kappa shape index (κ2) is 11.0. The summed E-state index contributed by atoms with van der Waals surface area (Å²) in [6.07, 6.45) is 13.0. The van der Waals surface area contributed by atoms with E-state index in [0.717, 1.165) is 63.7 Å². The number of benzene rings is 1. The van der Waals surface area contributed by atoms with Crippen LogP contribution in [-0.4, -0.2) is 31.9 Å². The monoisotopic (exact) mass is 428 g/mol. The van der Waals surface area contributed by atoms with Crippen LogP contribution in [0.1, 0.15) is 82.3 Å². The van der Waals surface area contributed by atoms with Gasteiger partial charge in [0, 0.05) is 18.9 Å². The summed E-state index contributed by atoms with van der Waals surface area (Å²) in [6, 6.07) is 6.37. The number of carbonyl (C=O) groups is 1. The summed E-state index contributed by atoms with van der Waals surface area (Å²) in [5.74, 6) is 2.61. The van der Waals surface area contributed by atoms with Gasteiger partial charge in [0.1, 0.15) is 11.5 Å². The maximum absolute atomic E-state index is 13.0. The number of hydrogen-bond donors (Lipinski definition) is 0. The lowest BCUT2D eigenvalue weighted by Gasteiger charge is -2.32. The Morgan fingerprint density at radius 1 is 1.13 bits per heavy atom. The van der Waals surface area contributed by atoms with Crippen LogP contribution >= 0.6 is 0 Å². The highest BCUT2D eigenvalue weighted by Crippen LogP contribution is 2.46. The van der Waals surface area contributed by atoms with Gasteiger partial charge < -0.3 is 14.2 Å². The molecule has 1 aliphatic heterocycles. The predicted molar refractivity (Wildman–Crippen MR) is 122 cm³/mol. The first-order valence-electron chi connectivity index (χ1n) is 12.6. The van der Waals surface area contributed by atoms with Gasteiger partial charge in [-0.3, -0.25) is 4.79 Å². The Morgan fingerprint density at radius 2 is 2.03 bits per heavy atom. The lowest BCUT2D eigenvalue weighted by molar-refractivity contribution is -0.191. The highest BCUT2D eigenvalue weighted by atomic mass is 16.7. The molecule has 1 aromatic carbocycles. The Balaban J connectivity index is 1.38. The quantitative estimate of drug-likeness (QED) is 0.436. The van der Waals surface area contributed by atoms with Crippen molar-refractivity contribution in [1.82, 2.24) is 0 Å². The zero-order valence-corrected chi connectivity index (χ0v) is 19.4. The lowest BCUT2D eigenvalue weighted by Crippen LogP contribution is -2.30. The zero-order chi connectivity index (χ0) is 21.6. The van der Waals surface area contributed by atoms with Crippen LogP contribution in [0.15, 0.2) is 18.2 Å². The van der Waals surface area contributed by atoms with Gasteiger partial charge >= 0.3 is 0 Å². The van der Waals surface area contributed by atoms with Crippen LogP contribution in [0, 0.1) is 17.8 Å². The van der Waals surface area contributed by atoms with Crippen molar-refractivity contribution in [2.45, 2.75) is 96.4 Å². The average Bonchev–Trinajstić information content (AvgIpc) is 3.10. The van der Waals surface area contributed by atoms with E-state index >= 15 is 0 Å². The Labute approximate surface area is 188 Å². The molecular formula is C27H40O4. The second-order valence-electron chi connectivity index (χ2n) is 9.83. The predicted octanol–water partition coefficient (Wildman–Crippen LogP) is 5.89. The van der Waals surface area contributed by atoms with Crippen LogP contribution in [0.2, 0.25) is 0 Å². The van der Waals surface area contributed by atoms with Crippen molar-refractivity contribution in [3.8, 4) is 5.75 Å². The van der Waals surface area contributed by atoms with E-state index in [4.69, 9.17) is 14.2 Å². The number of unbranched alkanes of at least 4 members (excludes halogenated alkanes) is 2. The summed E-state index contributed by atoms with van der Waals surface area (Å²) in [4.78, 5) is 13.0. The van der Waals surface area contributed by atoms with Gasteiger partial charge in [-0.05, 0) is 80.4 Å². The fourth-order valence-corrected chi connectivity index (χ4v) is 6.08. The molecule has 3 aliphatic rings. The third-order valence-electron chi connectivity index (χ3n) is 7.78. The van der Waals surface area contributed by atoms with Crippen LogP contribution < -0.4 is 4.74 Å². The van der Waals surface area contributed by atoms with Gasteiger partial charge in [-0.2, -0.15) is 0 Å². The van der Waals surface area contributed by atoms with E-state index in [1.54, 1.807) is 7.11 Å². The molecule has 1 saturated carbocycles. The molecule has 172 valence electrons. The summed E-state index contributed by atoms with van der Waals surface area (Å²) in [5.41, 5.74) is 2.71. The van der Waals surface area contributed by atoms with Crippen molar-refractivity contribution in [1.29, 1.82) is 0 Å². The third kappa shape index (κ3) is 5.51. The maximum Gasteiger partial charge on any atom is 0.157 e. The van der Waals surface area contributed by atoms with Crippen LogP contribution in [-0.2, 0) is 27.1 Å². The molecule has 0 spiro atoms. The highest BCUT2D eigenvalue weighted by molar-refractivity contribution is 5.84. The van der Waals surface area contributed by atoms with Crippen LogP contribution in [0.25, 0.3) is 0 Å². The number of hydrogen-bond acceptors (Lipinski definition) is 4. The van der Waals surface area contributed by atoms with Gasteiger partial charge in [0.05, 0.1) is 13.2 Å². The van der Waals surface area contributed by atoms with Gasteiger partial charge in [-0.25, -0.2) is 0 Å². The molecule has 31 heavy (non-hydrogen) atoms. The van der Waals surface area contributed by atoms with Crippen molar-refractivity contribution >= 4 is 5.78 Å². The van der Waals surface area contributed by atoms with Crippen molar-refractivity contribution in [2.75, 3.05) is 13.7 Å². The fourth-order valence-electron chi connectivity index (χ4n) is 6.08. The molecule has 5 atom stereocenters. The van der Waals surface area contributed by atoms with Gasteiger partial charge in [0.15, 0.2) is 6.29 Å². The van der Waals surface area contributed by atoms with Gasteiger partial charge in [0.25, 0.3) is 0 Å². The topological polar surface area (TPSA) is 44.8 Å². The standard InChI is InChI=1S/C27H40O4/c1-3-4-5-10-21(31-27-12-6-7-15-30-27)13-14-22-23-16-19-9-8-11-26(29-2)24(19)17-20(23)18-25(22)28/h8-9,11,20-23,27H,3-7,10,12-18H2,1-2H3. The van der Waals surface area contributed by atoms with Gasteiger partial charge in [0.2, 0.25) is 0 Å². The van der Waals surface area contributed by atoms with Crippen LogP contribution in [0.3, 0.4) is 0 Å². The summed E-state index contributed by atoms with van der Waals surface area (Å²) in [5, 5.41) is 0. The number of Topliss-reactive ketones (excluding diaryl/α,β-unsaturated/α-hetero) is 1. The van der Waals surface area contributed by atoms with Crippen molar-refractivity contribution in [3.05, 3.63) is 29.3 Å². The lowest BCUT2D eigenvalue weighted by atomic mass is 9.73. The number of methoxy groups -OCH3 is 1. The molecule has 4 heteroatoms. The first kappa shape index (κ1) is 22.8. The molecule has 1 heterocycles. The molecule has 2 fully saturated rings. The molecular weight excluding hydrogens is 388 g/mol. The number of ketones is 1. The van der Waals surface area contributed by atoms with Crippen LogP contribution in [0.5, 0.6) is 5.75 Å². The molecule has 2 aliphatic carbocycles. The van der Waals surface area contributed by atoms with E-state index in [0.29, 0.717) is 17.6 Å². The minimum absolute atomic E-state index is 0.0403. The molecule has 1 aromatic rings. The number of rotatable bonds is 10. The highest BCUT2D eigenvalue weighted by Gasteiger charge is 2.44. The molecule has 4 rings (SSSR count). The summed E-state index contributed by atoms with van der Waals surface area (Å²) >= 11 is 0. The molecule has 0 N–H and O–H groups in total. The largest absolute Gasteiger partial charge is 0.496 e. The van der Waals surface area contributed by atoms with E-state index in [1.165, 1.54) is 36.8 Å². The number of fused-ring (bicyclic) bond motifs is 2. The fraction of sp³-hybridized carbons (Fsp3) is 0.741. The van der Waals surface area contributed by atoms with E-state index < -0.39 is 0 Å². The molecule has 0 aromatic heterocycles. The summed E-state index contributed by atoms with van der Waals surface area (Å²) in [7, 11) is 1.75. The average molecular weight is 429 g/mol. The first-order chi connectivity index (χ1) is 15.2. The van der Waals surface area contributed by atoms with E-state index in [2.05, 4.69) is 25.1 Å². The number of ether oxygens (including phenoxy) is 3. The second-order valence-corrected chi connectivity index (χ2v) is 9.83. The van der Waals surface area contributed by atoms with Gasteiger partial charge in [-0.15, -0.1) is 0 Å². The first-order valence-corrected chi connectivity index (χ1v) is 12.6. The summed E-state index contributed by atoms with van der Waals surface area (Å²) in [6.45, 7) is 3.06. The Kier molecular flexibility index (Phi) is 8.06. The van der Waals surface area contributed by atoms with Crippen molar-refractivity contribution in [2.24, 2.45) is 17.8 Å². The molecule has 5 unspecified atom stereocenters. The SMILES string of the molecule is CCCCCC(CCC1C(=O)CC2Cc3c(cccc3OC)CC21)OC1CCCCO1. The van der Waals surface area contributed by atoms with Crippen molar-refractivity contribution < 1.29 is 19.0 Å². The summed E-state index contributed by atoms with van der Waals surface area (Å²) < 4.78 is 17.9. The third-order valence-corrected chi connectivity index (χ3v) is 7.78. The molecule has 1 saturated heterocycles. The Hall–Kier alpha value is -1.39. The molecule has 4 nitrogen and oxygen atoms in total.